The lowest BCUT2D eigenvalue weighted by atomic mass is 9.97. The summed E-state index contributed by atoms with van der Waals surface area (Å²) in [7, 11) is 1.89. The van der Waals surface area contributed by atoms with Gasteiger partial charge in [0.05, 0.1) is 6.54 Å². The molecule has 0 saturated carbocycles. The van der Waals surface area contributed by atoms with Gasteiger partial charge in [-0.25, -0.2) is 4.98 Å². The maximum absolute atomic E-state index is 4.30. The molecule has 1 N–H and O–H groups in total. The molecule has 2 rings (SSSR count). The summed E-state index contributed by atoms with van der Waals surface area (Å²) in [4.78, 5) is 4.25. The van der Waals surface area contributed by atoms with E-state index >= 15 is 0 Å². The fourth-order valence-electron chi connectivity index (χ4n) is 2.17. The second-order valence-electron chi connectivity index (χ2n) is 5.31. The smallest absolute Gasteiger partial charge is 0.164 e. The van der Waals surface area contributed by atoms with E-state index in [2.05, 4.69) is 59.6 Å². The van der Waals surface area contributed by atoms with Crippen molar-refractivity contribution < 1.29 is 0 Å². The van der Waals surface area contributed by atoms with E-state index in [-0.39, 0.29) is 0 Å². The zero-order valence-corrected chi connectivity index (χ0v) is 11.9. The molecule has 0 bridgehead atoms. The van der Waals surface area contributed by atoms with Crippen LogP contribution in [0.2, 0.25) is 0 Å². The standard InChI is InChI=1S/C15H22N4/c1-12(2)9-14(13-7-5-4-6-8-13)16-10-15-17-11-19(3)18-15/h4-8,11-12,14,16H,9-10H2,1-3H3. The van der Waals surface area contributed by atoms with Gasteiger partial charge in [-0.05, 0) is 17.9 Å². The molecular formula is C15H22N4. The van der Waals surface area contributed by atoms with Crippen molar-refractivity contribution in [3.63, 3.8) is 0 Å². The molecule has 0 radical (unpaired) electrons. The topological polar surface area (TPSA) is 42.7 Å². The van der Waals surface area contributed by atoms with Gasteiger partial charge in [-0.3, -0.25) is 4.68 Å². The SMILES string of the molecule is CC(C)CC(NCc1ncn(C)n1)c1ccccc1. The number of nitrogens with one attached hydrogen (secondary N) is 1. The third-order valence-electron chi connectivity index (χ3n) is 3.06. The number of nitrogens with zero attached hydrogens (tertiary/aromatic N) is 3. The van der Waals surface area contributed by atoms with Crippen LogP contribution in [-0.4, -0.2) is 14.8 Å². The van der Waals surface area contributed by atoms with Gasteiger partial charge >= 0.3 is 0 Å². The quantitative estimate of drug-likeness (QED) is 0.866. The van der Waals surface area contributed by atoms with Crippen LogP contribution in [0.25, 0.3) is 0 Å². The number of benzene rings is 1. The molecule has 0 amide bonds. The first-order chi connectivity index (χ1) is 9.15. The van der Waals surface area contributed by atoms with Crippen molar-refractivity contribution in [3.8, 4) is 0 Å². The van der Waals surface area contributed by atoms with Crippen LogP contribution in [0, 0.1) is 5.92 Å². The molecule has 1 heterocycles. The minimum atomic E-state index is 0.352. The van der Waals surface area contributed by atoms with Gasteiger partial charge in [-0.1, -0.05) is 44.2 Å². The van der Waals surface area contributed by atoms with Gasteiger partial charge in [0.1, 0.15) is 6.33 Å². The van der Waals surface area contributed by atoms with E-state index in [1.54, 1.807) is 11.0 Å². The monoisotopic (exact) mass is 258 g/mol. The first kappa shape index (κ1) is 13.7. The summed E-state index contributed by atoms with van der Waals surface area (Å²) in [5, 5.41) is 7.86. The molecular weight excluding hydrogens is 236 g/mol. The maximum atomic E-state index is 4.30. The van der Waals surface area contributed by atoms with Crippen LogP contribution in [0.5, 0.6) is 0 Å². The molecule has 19 heavy (non-hydrogen) atoms. The van der Waals surface area contributed by atoms with Gasteiger partial charge in [-0.15, -0.1) is 0 Å². The Morgan fingerprint density at radius 2 is 1.95 bits per heavy atom. The van der Waals surface area contributed by atoms with Crippen LogP contribution in [0.4, 0.5) is 0 Å². The summed E-state index contributed by atoms with van der Waals surface area (Å²) in [5.41, 5.74) is 1.33. The summed E-state index contributed by atoms with van der Waals surface area (Å²) in [6, 6.07) is 10.9. The Kier molecular flexibility index (Phi) is 4.68. The Balaban J connectivity index is 2.02. The highest BCUT2D eigenvalue weighted by Crippen LogP contribution is 2.21. The van der Waals surface area contributed by atoms with Gasteiger partial charge in [0.15, 0.2) is 5.82 Å². The highest BCUT2D eigenvalue weighted by Gasteiger charge is 2.13. The average Bonchev–Trinajstić information content (AvgIpc) is 2.81. The molecule has 0 aliphatic heterocycles. The summed E-state index contributed by atoms with van der Waals surface area (Å²) in [5.74, 6) is 1.49. The number of aromatic nitrogens is 3. The molecule has 4 nitrogen and oxygen atoms in total. The van der Waals surface area contributed by atoms with E-state index in [0.29, 0.717) is 18.5 Å². The fraction of sp³-hybridized carbons (Fsp3) is 0.467. The Labute approximate surface area is 114 Å². The molecule has 1 atom stereocenters. The van der Waals surface area contributed by atoms with Crippen molar-refractivity contribution in [2.24, 2.45) is 13.0 Å². The Bertz CT molecular complexity index is 490. The van der Waals surface area contributed by atoms with Crippen LogP contribution < -0.4 is 5.32 Å². The minimum absolute atomic E-state index is 0.352. The molecule has 1 aromatic carbocycles. The molecule has 0 aliphatic rings. The predicted octanol–water partition coefficient (Wildman–Crippen LogP) is 2.69. The van der Waals surface area contributed by atoms with Crippen molar-refractivity contribution in [3.05, 3.63) is 48.0 Å². The van der Waals surface area contributed by atoms with Crippen molar-refractivity contribution in [2.75, 3.05) is 0 Å². The lowest BCUT2D eigenvalue weighted by Gasteiger charge is -2.20. The first-order valence-corrected chi connectivity index (χ1v) is 6.78. The van der Waals surface area contributed by atoms with Crippen LogP contribution in [0.15, 0.2) is 36.7 Å². The Morgan fingerprint density at radius 3 is 2.53 bits per heavy atom. The molecule has 102 valence electrons. The van der Waals surface area contributed by atoms with Gasteiger partial charge in [0.25, 0.3) is 0 Å². The lowest BCUT2D eigenvalue weighted by Crippen LogP contribution is -2.23. The molecule has 0 saturated heterocycles. The van der Waals surface area contributed by atoms with E-state index < -0.39 is 0 Å². The number of aryl methyl sites for hydroxylation is 1. The van der Waals surface area contributed by atoms with E-state index in [9.17, 15) is 0 Å². The third kappa shape index (κ3) is 4.17. The Morgan fingerprint density at radius 1 is 1.21 bits per heavy atom. The highest BCUT2D eigenvalue weighted by molar-refractivity contribution is 5.19. The molecule has 1 aromatic heterocycles. The van der Waals surface area contributed by atoms with Gasteiger partial charge in [-0.2, -0.15) is 5.10 Å². The summed E-state index contributed by atoms with van der Waals surface area (Å²) in [6.45, 7) is 5.19. The number of hydrogen-bond acceptors (Lipinski definition) is 3. The summed E-state index contributed by atoms with van der Waals surface area (Å²) >= 11 is 0. The first-order valence-electron chi connectivity index (χ1n) is 6.78. The third-order valence-corrected chi connectivity index (χ3v) is 3.06. The van der Waals surface area contributed by atoms with Crippen molar-refractivity contribution >= 4 is 0 Å². The Hall–Kier alpha value is -1.68. The predicted molar refractivity (Wildman–Crippen MR) is 76.5 cm³/mol. The average molecular weight is 258 g/mol. The summed E-state index contributed by atoms with van der Waals surface area (Å²) < 4.78 is 1.73. The van der Waals surface area contributed by atoms with Gasteiger partial charge in [0.2, 0.25) is 0 Å². The minimum Gasteiger partial charge on any atom is -0.303 e. The molecule has 0 spiro atoms. The van der Waals surface area contributed by atoms with Crippen LogP contribution in [0.3, 0.4) is 0 Å². The van der Waals surface area contributed by atoms with E-state index in [0.717, 1.165) is 12.2 Å². The van der Waals surface area contributed by atoms with Crippen molar-refractivity contribution in [2.45, 2.75) is 32.9 Å². The maximum Gasteiger partial charge on any atom is 0.164 e. The lowest BCUT2D eigenvalue weighted by molar-refractivity contribution is 0.423. The van der Waals surface area contributed by atoms with Crippen molar-refractivity contribution in [1.82, 2.24) is 20.1 Å². The second kappa shape index (κ2) is 6.48. The zero-order valence-electron chi connectivity index (χ0n) is 11.9. The van der Waals surface area contributed by atoms with Crippen LogP contribution in [0.1, 0.15) is 37.7 Å². The highest BCUT2D eigenvalue weighted by atomic mass is 15.3. The van der Waals surface area contributed by atoms with Gasteiger partial charge < -0.3 is 5.32 Å². The molecule has 4 heteroatoms. The fourth-order valence-corrected chi connectivity index (χ4v) is 2.17. The second-order valence-corrected chi connectivity index (χ2v) is 5.31. The van der Waals surface area contributed by atoms with Crippen LogP contribution >= 0.6 is 0 Å². The normalized spacial score (nSPS) is 12.8. The molecule has 0 fully saturated rings. The van der Waals surface area contributed by atoms with Crippen molar-refractivity contribution in [1.29, 1.82) is 0 Å². The van der Waals surface area contributed by atoms with Gasteiger partial charge in [0, 0.05) is 13.1 Å². The van der Waals surface area contributed by atoms with E-state index in [1.807, 2.05) is 7.05 Å². The van der Waals surface area contributed by atoms with Crippen LogP contribution in [-0.2, 0) is 13.6 Å². The molecule has 2 aromatic rings. The molecule has 0 aliphatic carbocycles. The number of hydrogen-bond donors (Lipinski definition) is 1. The number of rotatable bonds is 6. The summed E-state index contributed by atoms with van der Waals surface area (Å²) in [6.07, 6.45) is 2.84. The van der Waals surface area contributed by atoms with E-state index in [1.165, 1.54) is 5.56 Å². The zero-order chi connectivity index (χ0) is 13.7. The largest absolute Gasteiger partial charge is 0.303 e. The van der Waals surface area contributed by atoms with E-state index in [4.69, 9.17) is 0 Å². The molecule has 1 unspecified atom stereocenters.